The van der Waals surface area contributed by atoms with Crippen LogP contribution >= 0.6 is 11.8 Å². The molecule has 3 amide bonds. The molecule has 45 heavy (non-hydrogen) atoms. The molecule has 1 N–H and O–H groups in total. The number of anilines is 1. The first kappa shape index (κ1) is 30.1. The second-order valence-electron chi connectivity index (χ2n) is 10.3. The van der Waals surface area contributed by atoms with Gasteiger partial charge in [-0.1, -0.05) is 61.2 Å². The first-order valence-electron chi connectivity index (χ1n) is 14.2. The lowest BCUT2D eigenvalue weighted by Gasteiger charge is -2.19. The third-order valence-corrected chi connectivity index (χ3v) is 8.29. The number of nitrogens with zero attached hydrogens (tertiary/aromatic N) is 5. The van der Waals surface area contributed by atoms with Crippen LogP contribution in [0.4, 0.5) is 23.7 Å². The number of rotatable bonds is 7. The Hall–Kier alpha value is -4.91. The maximum atomic E-state index is 13.0. The lowest BCUT2D eigenvalue weighted by atomic mass is 10.0. The number of allylic oxidation sites excluding steroid dienone is 2. The van der Waals surface area contributed by atoms with Crippen LogP contribution < -0.4 is 15.0 Å². The molecule has 1 fully saturated rings. The highest BCUT2D eigenvalue weighted by Gasteiger charge is 2.32. The third-order valence-electron chi connectivity index (χ3n) is 7.37. The van der Waals surface area contributed by atoms with E-state index in [4.69, 9.17) is 0 Å². The van der Waals surface area contributed by atoms with Gasteiger partial charge in [-0.25, -0.2) is 14.5 Å². The van der Waals surface area contributed by atoms with Gasteiger partial charge in [0.15, 0.2) is 11.0 Å². The first-order valence-corrected chi connectivity index (χ1v) is 15.2. The van der Waals surface area contributed by atoms with E-state index in [2.05, 4.69) is 25.1 Å². The van der Waals surface area contributed by atoms with E-state index >= 15 is 0 Å². The van der Waals surface area contributed by atoms with Crippen molar-refractivity contribution in [3.8, 4) is 22.8 Å². The number of hydrogen-bond acceptors (Lipinski definition) is 6. The second-order valence-corrected chi connectivity index (χ2v) is 11.2. The van der Waals surface area contributed by atoms with Gasteiger partial charge >= 0.3 is 12.4 Å². The molecule has 1 saturated heterocycles. The average Bonchev–Trinajstić information content (AvgIpc) is 3.78. The van der Waals surface area contributed by atoms with E-state index in [0.717, 1.165) is 52.9 Å². The van der Waals surface area contributed by atoms with Crippen LogP contribution in [0.1, 0.15) is 37.3 Å². The van der Waals surface area contributed by atoms with Gasteiger partial charge < -0.3 is 10.1 Å². The number of aryl methyl sites for hydroxylation is 1. The number of ether oxygens (including phenoxy) is 1. The summed E-state index contributed by atoms with van der Waals surface area (Å²) in [7, 11) is 0. The minimum absolute atomic E-state index is 0.110. The molecule has 4 aromatic rings. The molecule has 6 rings (SSSR count). The van der Waals surface area contributed by atoms with Crippen LogP contribution in [0.15, 0.2) is 89.8 Å². The van der Waals surface area contributed by atoms with Gasteiger partial charge in [-0.3, -0.25) is 9.69 Å². The molecule has 2 heterocycles. The lowest BCUT2D eigenvalue weighted by molar-refractivity contribution is -0.274. The molecule has 2 aliphatic rings. The van der Waals surface area contributed by atoms with E-state index in [-0.39, 0.29) is 17.4 Å². The standard InChI is InChI=1S/C32H27F3N6O3S/c1-2-20-6-3-4-9-27(20)41-28(42)18-45-31(41)38-30(43)37-26-8-5-7-25(26)21-10-12-22(13-11-21)29-36-19-40(39-29)23-14-16-24(17-15-23)44-32(33,34)35/h3-4,6,9-17,19H,2,5,7-8,18H2,1H3,(H,37,43). The molecule has 0 unspecified atom stereocenters. The monoisotopic (exact) mass is 632 g/mol. The number of aliphatic imine (C=N–C) groups is 1. The zero-order chi connectivity index (χ0) is 31.6. The molecule has 0 saturated carbocycles. The van der Waals surface area contributed by atoms with Crippen LogP contribution in [0.2, 0.25) is 0 Å². The number of benzene rings is 3. The Balaban J connectivity index is 1.16. The van der Waals surface area contributed by atoms with Gasteiger partial charge in [-0.2, -0.15) is 4.99 Å². The summed E-state index contributed by atoms with van der Waals surface area (Å²) in [5.41, 5.74) is 5.78. The van der Waals surface area contributed by atoms with E-state index in [0.29, 0.717) is 23.1 Å². The minimum atomic E-state index is -4.76. The van der Waals surface area contributed by atoms with Gasteiger partial charge in [0.1, 0.15) is 12.1 Å². The molecule has 0 bridgehead atoms. The van der Waals surface area contributed by atoms with E-state index in [9.17, 15) is 22.8 Å². The molecule has 1 aromatic heterocycles. The van der Waals surface area contributed by atoms with Gasteiger partial charge in [0.2, 0.25) is 5.91 Å². The number of hydrogen-bond donors (Lipinski definition) is 1. The van der Waals surface area contributed by atoms with Gasteiger partial charge in [0.05, 0.1) is 17.1 Å². The first-order chi connectivity index (χ1) is 21.7. The molecular formula is C32H27F3N6O3S. The van der Waals surface area contributed by atoms with Crippen molar-refractivity contribution in [2.24, 2.45) is 4.99 Å². The Labute approximate surface area is 260 Å². The van der Waals surface area contributed by atoms with E-state index in [1.54, 1.807) is 0 Å². The van der Waals surface area contributed by atoms with Crippen molar-refractivity contribution in [1.82, 2.24) is 20.1 Å². The number of amides is 3. The fourth-order valence-electron chi connectivity index (χ4n) is 5.29. The number of alkyl halides is 3. The van der Waals surface area contributed by atoms with Crippen LogP contribution in [0.5, 0.6) is 5.75 Å². The fourth-order valence-corrected chi connectivity index (χ4v) is 6.15. The summed E-state index contributed by atoms with van der Waals surface area (Å²) in [4.78, 5) is 35.9. The van der Waals surface area contributed by atoms with Crippen molar-refractivity contribution in [2.45, 2.75) is 39.0 Å². The molecule has 0 atom stereocenters. The fraction of sp³-hybridized carbons (Fsp3) is 0.219. The number of para-hydroxylation sites is 1. The Morgan fingerprint density at radius 1 is 1.02 bits per heavy atom. The molecule has 1 aliphatic carbocycles. The van der Waals surface area contributed by atoms with Crippen molar-refractivity contribution >= 4 is 40.1 Å². The van der Waals surface area contributed by atoms with Crippen molar-refractivity contribution in [1.29, 1.82) is 0 Å². The summed E-state index contributed by atoms with van der Waals surface area (Å²) in [6.45, 7) is 2.02. The van der Waals surface area contributed by atoms with Crippen molar-refractivity contribution in [3.63, 3.8) is 0 Å². The van der Waals surface area contributed by atoms with Crippen molar-refractivity contribution in [2.75, 3.05) is 10.7 Å². The summed E-state index contributed by atoms with van der Waals surface area (Å²) in [6, 6.07) is 20.1. The van der Waals surface area contributed by atoms with Crippen LogP contribution in [0.3, 0.4) is 0 Å². The van der Waals surface area contributed by atoms with E-state index in [1.165, 1.54) is 51.9 Å². The predicted octanol–water partition coefficient (Wildman–Crippen LogP) is 7.14. The maximum Gasteiger partial charge on any atom is 0.573 e. The summed E-state index contributed by atoms with van der Waals surface area (Å²) >= 11 is 1.25. The largest absolute Gasteiger partial charge is 0.573 e. The molecule has 3 aromatic carbocycles. The minimum Gasteiger partial charge on any atom is -0.406 e. The van der Waals surface area contributed by atoms with Crippen molar-refractivity contribution in [3.05, 3.63) is 95.9 Å². The highest BCUT2D eigenvalue weighted by atomic mass is 32.2. The molecule has 13 heteroatoms. The van der Waals surface area contributed by atoms with Crippen LogP contribution in [0, 0.1) is 0 Å². The Kier molecular flexibility index (Phi) is 8.44. The van der Waals surface area contributed by atoms with E-state index < -0.39 is 12.4 Å². The summed E-state index contributed by atoms with van der Waals surface area (Å²) in [5.74, 6) is 0.236. The maximum absolute atomic E-state index is 13.0. The lowest BCUT2D eigenvalue weighted by Crippen LogP contribution is -2.32. The zero-order valence-corrected chi connectivity index (χ0v) is 24.9. The average molecular weight is 633 g/mol. The number of urea groups is 1. The Morgan fingerprint density at radius 3 is 2.49 bits per heavy atom. The normalized spacial score (nSPS) is 16.1. The number of carbonyl (C=O) groups excluding carboxylic acids is 2. The van der Waals surface area contributed by atoms with Crippen LogP contribution in [-0.2, 0) is 11.2 Å². The molecule has 0 radical (unpaired) electrons. The number of halogens is 3. The number of carbonyl (C=O) groups is 2. The topological polar surface area (TPSA) is 102 Å². The van der Waals surface area contributed by atoms with Crippen molar-refractivity contribution < 1.29 is 27.5 Å². The predicted molar refractivity (Wildman–Crippen MR) is 166 cm³/mol. The summed E-state index contributed by atoms with van der Waals surface area (Å²) < 4.78 is 42.7. The molecular weight excluding hydrogens is 605 g/mol. The number of thioether (sulfide) groups is 1. The van der Waals surface area contributed by atoms with Gasteiger partial charge in [-0.15, -0.1) is 18.3 Å². The summed E-state index contributed by atoms with van der Waals surface area (Å²) in [5, 5.41) is 7.78. The number of amidine groups is 1. The van der Waals surface area contributed by atoms with Gasteiger partial charge in [0.25, 0.3) is 0 Å². The van der Waals surface area contributed by atoms with E-state index in [1.807, 2.05) is 55.5 Å². The second kappa shape index (κ2) is 12.6. The van der Waals surface area contributed by atoms with Gasteiger partial charge in [-0.05, 0) is 72.7 Å². The highest BCUT2D eigenvalue weighted by molar-refractivity contribution is 8.15. The quantitative estimate of drug-likeness (QED) is 0.233. The smallest absolute Gasteiger partial charge is 0.406 e. The molecule has 9 nitrogen and oxygen atoms in total. The molecule has 1 aliphatic heterocycles. The Morgan fingerprint density at radius 2 is 1.76 bits per heavy atom. The molecule has 0 spiro atoms. The van der Waals surface area contributed by atoms with Gasteiger partial charge in [0, 0.05) is 11.3 Å². The van der Waals surface area contributed by atoms with Crippen LogP contribution in [-0.4, -0.2) is 44.0 Å². The Bertz CT molecular complexity index is 1800. The summed E-state index contributed by atoms with van der Waals surface area (Å²) in [6.07, 6.45) is -0.171. The molecule has 230 valence electrons. The van der Waals surface area contributed by atoms with Crippen LogP contribution in [0.25, 0.3) is 22.6 Å². The number of aromatic nitrogens is 3. The number of nitrogens with one attached hydrogen (secondary N) is 1. The highest BCUT2D eigenvalue weighted by Crippen LogP contribution is 2.34. The zero-order valence-electron chi connectivity index (χ0n) is 24.0. The third kappa shape index (κ3) is 6.78. The SMILES string of the molecule is CCc1ccccc1N1C(=O)CSC1=NC(=O)NC1=C(c2ccc(-c3ncn(-c4ccc(OC(F)(F)F)cc4)n3)cc2)CCC1.